The molecule has 0 spiro atoms. The Kier molecular flexibility index (Phi) is 4.31. The second kappa shape index (κ2) is 6.76. The van der Waals surface area contributed by atoms with E-state index in [0.29, 0.717) is 6.54 Å². The molecule has 1 amide bonds. The number of aryl methyl sites for hydroxylation is 1. The lowest BCUT2D eigenvalue weighted by Gasteiger charge is -2.14. The number of hydrogen-bond acceptors (Lipinski definition) is 6. The number of nitrogens with zero attached hydrogens (tertiary/aromatic N) is 4. The van der Waals surface area contributed by atoms with Gasteiger partial charge >= 0.3 is 0 Å². The highest BCUT2D eigenvalue weighted by Crippen LogP contribution is 2.34. The number of aromatic nitrogens is 3. The van der Waals surface area contributed by atoms with E-state index < -0.39 is 0 Å². The minimum atomic E-state index is 0.121. The first-order chi connectivity index (χ1) is 12.2. The minimum absolute atomic E-state index is 0.121. The Morgan fingerprint density at radius 2 is 2.16 bits per heavy atom. The van der Waals surface area contributed by atoms with Crippen LogP contribution in [-0.4, -0.2) is 38.8 Å². The molecule has 3 aromatic rings. The van der Waals surface area contributed by atoms with E-state index in [-0.39, 0.29) is 5.91 Å². The van der Waals surface area contributed by atoms with Crippen molar-refractivity contribution in [2.75, 3.05) is 18.4 Å². The van der Waals surface area contributed by atoms with Gasteiger partial charge in [0.15, 0.2) is 0 Å². The molecule has 4 rings (SSSR count). The topological polar surface area (TPSA) is 71.0 Å². The van der Waals surface area contributed by atoms with Crippen LogP contribution in [0.2, 0.25) is 0 Å². The lowest BCUT2D eigenvalue weighted by molar-refractivity contribution is 0.0797. The molecule has 0 aliphatic carbocycles. The average molecular weight is 353 g/mol. The molecule has 128 valence electrons. The van der Waals surface area contributed by atoms with Crippen LogP contribution < -0.4 is 5.32 Å². The van der Waals surface area contributed by atoms with Gasteiger partial charge in [-0.15, -0.1) is 11.3 Å². The molecule has 0 radical (unpaired) electrons. The maximum absolute atomic E-state index is 12.8. The third-order valence-corrected chi connectivity index (χ3v) is 5.68. The Balaban J connectivity index is 1.65. The van der Waals surface area contributed by atoms with Crippen LogP contribution in [-0.2, 0) is 6.54 Å². The van der Waals surface area contributed by atoms with Crippen molar-refractivity contribution in [1.82, 2.24) is 19.9 Å². The Hall–Kier alpha value is -2.54. The molecule has 0 aromatic carbocycles. The maximum atomic E-state index is 12.8. The SMILES string of the molecule is Cc1c(C(=O)N2CCCC2)sc2ncnc(NCc3cccnc3)c12. The number of thiophene rings is 1. The molecule has 0 unspecified atom stereocenters. The third kappa shape index (κ3) is 3.07. The highest BCUT2D eigenvalue weighted by molar-refractivity contribution is 7.20. The Bertz CT molecular complexity index is 902. The number of amides is 1. The quantitative estimate of drug-likeness (QED) is 0.780. The van der Waals surface area contributed by atoms with Gasteiger partial charge in [0.1, 0.15) is 17.0 Å². The summed E-state index contributed by atoms with van der Waals surface area (Å²) in [4.78, 5) is 29.2. The summed E-state index contributed by atoms with van der Waals surface area (Å²) in [6, 6.07) is 3.93. The van der Waals surface area contributed by atoms with E-state index in [1.165, 1.54) is 11.3 Å². The van der Waals surface area contributed by atoms with Crippen LogP contribution in [0.25, 0.3) is 10.2 Å². The number of nitrogens with one attached hydrogen (secondary N) is 1. The maximum Gasteiger partial charge on any atom is 0.264 e. The van der Waals surface area contributed by atoms with E-state index in [4.69, 9.17) is 0 Å². The summed E-state index contributed by atoms with van der Waals surface area (Å²) in [6.07, 6.45) is 7.31. The van der Waals surface area contributed by atoms with Gasteiger partial charge in [0.2, 0.25) is 0 Å². The van der Waals surface area contributed by atoms with Crippen LogP contribution in [0.3, 0.4) is 0 Å². The predicted octanol–water partition coefficient (Wildman–Crippen LogP) is 3.24. The van der Waals surface area contributed by atoms with Crippen LogP contribution in [0.15, 0.2) is 30.9 Å². The molecule has 0 saturated carbocycles. The summed E-state index contributed by atoms with van der Waals surface area (Å²) < 4.78 is 0. The van der Waals surface area contributed by atoms with Crippen molar-refractivity contribution in [2.45, 2.75) is 26.3 Å². The van der Waals surface area contributed by atoms with Crippen molar-refractivity contribution >= 4 is 33.3 Å². The van der Waals surface area contributed by atoms with Gasteiger partial charge in [0, 0.05) is 32.0 Å². The first-order valence-corrected chi connectivity index (χ1v) is 9.22. The third-order valence-electron chi connectivity index (χ3n) is 4.50. The fraction of sp³-hybridized carbons (Fsp3) is 0.333. The number of carbonyl (C=O) groups is 1. The van der Waals surface area contributed by atoms with Gasteiger partial charge in [-0.1, -0.05) is 6.07 Å². The summed E-state index contributed by atoms with van der Waals surface area (Å²) in [5, 5.41) is 4.30. The number of fused-ring (bicyclic) bond motifs is 1. The summed E-state index contributed by atoms with van der Waals surface area (Å²) in [7, 11) is 0. The van der Waals surface area contributed by atoms with Crippen LogP contribution >= 0.6 is 11.3 Å². The Morgan fingerprint density at radius 3 is 2.92 bits per heavy atom. The second-order valence-electron chi connectivity index (χ2n) is 6.17. The van der Waals surface area contributed by atoms with Gasteiger partial charge in [-0.2, -0.15) is 0 Å². The normalized spacial score (nSPS) is 14.2. The van der Waals surface area contributed by atoms with Gasteiger partial charge in [0.05, 0.1) is 10.3 Å². The Labute approximate surface area is 149 Å². The van der Waals surface area contributed by atoms with Crippen molar-refractivity contribution in [3.8, 4) is 0 Å². The monoisotopic (exact) mass is 353 g/mol. The molecule has 1 aliphatic rings. The van der Waals surface area contributed by atoms with Gasteiger partial charge in [-0.05, 0) is 37.0 Å². The smallest absolute Gasteiger partial charge is 0.264 e. The lowest BCUT2D eigenvalue weighted by Crippen LogP contribution is -2.27. The van der Waals surface area contributed by atoms with E-state index in [1.54, 1.807) is 12.5 Å². The lowest BCUT2D eigenvalue weighted by atomic mass is 10.2. The molecule has 4 heterocycles. The van der Waals surface area contributed by atoms with Crippen molar-refractivity contribution in [2.24, 2.45) is 0 Å². The molecule has 1 aliphatic heterocycles. The van der Waals surface area contributed by atoms with Crippen molar-refractivity contribution in [3.05, 3.63) is 46.9 Å². The molecule has 25 heavy (non-hydrogen) atoms. The largest absolute Gasteiger partial charge is 0.365 e. The van der Waals surface area contributed by atoms with Crippen LogP contribution in [0, 0.1) is 6.92 Å². The van der Waals surface area contributed by atoms with Crippen molar-refractivity contribution in [3.63, 3.8) is 0 Å². The van der Waals surface area contributed by atoms with E-state index in [1.807, 2.05) is 30.2 Å². The highest BCUT2D eigenvalue weighted by Gasteiger charge is 2.25. The van der Waals surface area contributed by atoms with Crippen LogP contribution in [0.5, 0.6) is 0 Å². The summed E-state index contributed by atoms with van der Waals surface area (Å²) in [6.45, 7) is 4.32. The number of pyridine rings is 1. The van der Waals surface area contributed by atoms with Gasteiger partial charge in [-0.25, -0.2) is 9.97 Å². The average Bonchev–Trinajstić information content (AvgIpc) is 3.29. The molecule has 1 saturated heterocycles. The van der Waals surface area contributed by atoms with Gasteiger partial charge in [-0.3, -0.25) is 9.78 Å². The number of anilines is 1. The molecule has 6 nitrogen and oxygen atoms in total. The predicted molar refractivity (Wildman–Crippen MR) is 98.9 cm³/mol. The fourth-order valence-electron chi connectivity index (χ4n) is 3.16. The second-order valence-corrected chi connectivity index (χ2v) is 7.17. The number of hydrogen-bond donors (Lipinski definition) is 1. The zero-order chi connectivity index (χ0) is 17.2. The van der Waals surface area contributed by atoms with Crippen molar-refractivity contribution < 1.29 is 4.79 Å². The van der Waals surface area contributed by atoms with Crippen LogP contribution in [0.4, 0.5) is 5.82 Å². The minimum Gasteiger partial charge on any atom is -0.365 e. The zero-order valence-electron chi connectivity index (χ0n) is 14.0. The van der Waals surface area contributed by atoms with Gasteiger partial charge < -0.3 is 10.2 Å². The number of rotatable bonds is 4. The summed E-state index contributed by atoms with van der Waals surface area (Å²) >= 11 is 1.46. The summed E-state index contributed by atoms with van der Waals surface area (Å²) in [5.74, 6) is 0.888. The van der Waals surface area contributed by atoms with E-state index in [9.17, 15) is 4.79 Å². The first-order valence-electron chi connectivity index (χ1n) is 8.40. The molecule has 0 atom stereocenters. The highest BCUT2D eigenvalue weighted by atomic mass is 32.1. The number of likely N-dealkylation sites (tertiary alicyclic amines) is 1. The molecule has 7 heteroatoms. The zero-order valence-corrected chi connectivity index (χ0v) is 14.8. The molecule has 0 bridgehead atoms. The summed E-state index contributed by atoms with van der Waals surface area (Å²) in [5.41, 5.74) is 2.04. The van der Waals surface area contributed by atoms with E-state index >= 15 is 0 Å². The van der Waals surface area contributed by atoms with Crippen LogP contribution in [0.1, 0.15) is 33.6 Å². The molecular weight excluding hydrogens is 334 g/mol. The molecular formula is C18H19N5OS. The molecule has 1 fully saturated rings. The van der Waals surface area contributed by atoms with E-state index in [2.05, 4.69) is 20.3 Å². The fourth-order valence-corrected chi connectivity index (χ4v) is 4.28. The van der Waals surface area contributed by atoms with Gasteiger partial charge in [0.25, 0.3) is 5.91 Å². The Morgan fingerprint density at radius 1 is 1.32 bits per heavy atom. The van der Waals surface area contributed by atoms with Crippen molar-refractivity contribution in [1.29, 1.82) is 0 Å². The standard InChI is InChI=1S/C18H19N5OS/c1-12-14-16(20-10-13-5-4-6-19-9-13)21-11-22-17(14)25-15(12)18(24)23-7-2-3-8-23/h4-6,9,11H,2-3,7-8,10H2,1H3,(H,20,21,22). The van der Waals surface area contributed by atoms with E-state index in [0.717, 1.165) is 58.0 Å². The molecule has 1 N–H and O–H groups in total. The molecule has 3 aromatic heterocycles. The number of carbonyl (C=O) groups excluding carboxylic acids is 1. The first kappa shape index (κ1) is 16.0.